The van der Waals surface area contributed by atoms with Crippen LogP contribution in [0.4, 0.5) is 0 Å². The van der Waals surface area contributed by atoms with Crippen LogP contribution in [0.5, 0.6) is 0 Å². The molecule has 0 aliphatic carbocycles. The molecule has 1 aromatic rings. The number of hydrogen-bond acceptors (Lipinski definition) is 5. The molecule has 0 aromatic heterocycles. The zero-order valence-corrected chi connectivity index (χ0v) is 16.2. The second kappa shape index (κ2) is 7.51. The van der Waals surface area contributed by atoms with Crippen molar-refractivity contribution in [2.24, 2.45) is 0 Å². The molecule has 1 spiro atoms. The van der Waals surface area contributed by atoms with E-state index in [1.54, 1.807) is 0 Å². The fraction of sp³-hybridized carbons (Fsp3) is 0.667. The molecule has 0 radical (unpaired) electrons. The number of carbonyl (C=O) groups excluding carboxylic acids is 1. The Balaban J connectivity index is 1.37. The third-order valence-corrected chi connectivity index (χ3v) is 6.08. The summed E-state index contributed by atoms with van der Waals surface area (Å²) >= 11 is 0. The molecule has 27 heavy (non-hydrogen) atoms. The summed E-state index contributed by atoms with van der Waals surface area (Å²) in [5, 5.41) is 11.2. The van der Waals surface area contributed by atoms with Gasteiger partial charge in [0.2, 0.25) is 0 Å². The number of hydrogen-bond donors (Lipinski definition) is 1. The molecule has 4 rings (SSSR count). The fourth-order valence-electron chi connectivity index (χ4n) is 4.60. The van der Waals surface area contributed by atoms with E-state index >= 15 is 0 Å². The Kier molecular flexibility index (Phi) is 5.25. The average molecular weight is 374 g/mol. The first-order chi connectivity index (χ1) is 13.0. The van der Waals surface area contributed by atoms with E-state index in [1.165, 1.54) is 5.56 Å². The summed E-state index contributed by atoms with van der Waals surface area (Å²) in [4.78, 5) is 17.1. The molecule has 3 saturated heterocycles. The number of benzene rings is 1. The fourth-order valence-corrected chi connectivity index (χ4v) is 4.60. The number of carbonyl (C=O) groups is 1. The molecule has 1 N–H and O–H groups in total. The maximum atomic E-state index is 13.1. The second-order valence-corrected chi connectivity index (χ2v) is 8.23. The van der Waals surface area contributed by atoms with E-state index in [-0.39, 0.29) is 5.91 Å². The van der Waals surface area contributed by atoms with Crippen molar-refractivity contribution >= 4 is 5.91 Å². The molecule has 3 aliphatic rings. The van der Waals surface area contributed by atoms with Crippen LogP contribution in [-0.4, -0.2) is 71.6 Å². The maximum absolute atomic E-state index is 13.1. The molecule has 0 saturated carbocycles. The molecular formula is C21H30N2O4. The first kappa shape index (κ1) is 18.9. The van der Waals surface area contributed by atoms with E-state index in [2.05, 4.69) is 24.0 Å². The Bertz CT molecular complexity index is 679. The first-order valence-corrected chi connectivity index (χ1v) is 10.1. The molecule has 3 aliphatic heterocycles. The topological polar surface area (TPSA) is 62.2 Å². The van der Waals surface area contributed by atoms with E-state index in [0.717, 1.165) is 37.9 Å². The number of aryl methyl sites for hydroxylation is 1. The van der Waals surface area contributed by atoms with Crippen LogP contribution < -0.4 is 0 Å². The van der Waals surface area contributed by atoms with Gasteiger partial charge in [-0.15, -0.1) is 0 Å². The van der Waals surface area contributed by atoms with Gasteiger partial charge in [0.15, 0.2) is 11.4 Å². The quantitative estimate of drug-likeness (QED) is 0.869. The number of rotatable bonds is 4. The molecular weight excluding hydrogens is 344 g/mol. The lowest BCUT2D eigenvalue weighted by atomic mass is 9.89. The van der Waals surface area contributed by atoms with Gasteiger partial charge in [-0.1, -0.05) is 29.8 Å². The zero-order chi connectivity index (χ0) is 18.9. The van der Waals surface area contributed by atoms with Gasteiger partial charge >= 0.3 is 0 Å². The van der Waals surface area contributed by atoms with Crippen molar-refractivity contribution in [3.63, 3.8) is 0 Å². The standard InChI is InChI=1S/C21H30N2O4/c1-17-4-2-5-18(14-17)15-23-9-3-6-20(25,19(23)24)16-22-10-7-21(8-11-22)26-12-13-27-21/h2,4-5,14,25H,3,6-13,15-16H2,1H3/t20-/m0/s1. The summed E-state index contributed by atoms with van der Waals surface area (Å²) in [5.74, 6) is -0.559. The number of β-amino-alcohol motifs (C(OH)–C–C–N with tert-alkyl or cyclic N) is 1. The lowest BCUT2D eigenvalue weighted by molar-refractivity contribution is -0.190. The number of nitrogens with zero attached hydrogens (tertiary/aromatic N) is 2. The number of piperidine rings is 2. The van der Waals surface area contributed by atoms with Gasteiger partial charge in [-0.25, -0.2) is 0 Å². The van der Waals surface area contributed by atoms with E-state index in [9.17, 15) is 9.90 Å². The van der Waals surface area contributed by atoms with Gasteiger partial charge in [0.25, 0.3) is 5.91 Å². The van der Waals surface area contributed by atoms with E-state index in [4.69, 9.17) is 9.47 Å². The maximum Gasteiger partial charge on any atom is 0.256 e. The molecule has 0 unspecified atom stereocenters. The minimum atomic E-state index is -1.29. The molecule has 0 bridgehead atoms. The van der Waals surface area contributed by atoms with E-state index in [0.29, 0.717) is 39.3 Å². The summed E-state index contributed by atoms with van der Waals surface area (Å²) in [6.07, 6.45) is 2.96. The highest BCUT2D eigenvalue weighted by atomic mass is 16.7. The van der Waals surface area contributed by atoms with Gasteiger partial charge in [-0.2, -0.15) is 0 Å². The largest absolute Gasteiger partial charge is 0.379 e. The smallest absolute Gasteiger partial charge is 0.256 e. The van der Waals surface area contributed by atoms with Crippen molar-refractivity contribution < 1.29 is 19.4 Å². The molecule has 3 heterocycles. The SMILES string of the molecule is Cc1cccc(CN2CCC[C@](O)(CN3CCC4(CC3)OCCO4)C2=O)c1. The van der Waals surface area contributed by atoms with Gasteiger partial charge in [-0.3, -0.25) is 9.69 Å². The van der Waals surface area contributed by atoms with Gasteiger partial charge in [-0.05, 0) is 25.3 Å². The minimum Gasteiger partial charge on any atom is -0.379 e. The van der Waals surface area contributed by atoms with Crippen LogP contribution in [-0.2, 0) is 20.8 Å². The molecule has 3 fully saturated rings. The third-order valence-electron chi connectivity index (χ3n) is 6.08. The highest BCUT2D eigenvalue weighted by molar-refractivity contribution is 5.86. The van der Waals surface area contributed by atoms with Crippen molar-refractivity contribution in [2.75, 3.05) is 39.4 Å². The van der Waals surface area contributed by atoms with Crippen LogP contribution >= 0.6 is 0 Å². The van der Waals surface area contributed by atoms with Crippen molar-refractivity contribution in [1.82, 2.24) is 9.80 Å². The van der Waals surface area contributed by atoms with Gasteiger partial charge in [0, 0.05) is 45.6 Å². The monoisotopic (exact) mass is 374 g/mol. The summed E-state index contributed by atoms with van der Waals surface area (Å²) in [5.41, 5.74) is 1.01. The number of ether oxygens (including phenoxy) is 2. The van der Waals surface area contributed by atoms with Crippen LogP contribution in [0.2, 0.25) is 0 Å². The summed E-state index contributed by atoms with van der Waals surface area (Å²) < 4.78 is 11.5. The van der Waals surface area contributed by atoms with Crippen molar-refractivity contribution in [2.45, 2.75) is 50.5 Å². The third kappa shape index (κ3) is 4.04. The van der Waals surface area contributed by atoms with Crippen molar-refractivity contribution in [1.29, 1.82) is 0 Å². The normalized spacial score (nSPS) is 28.8. The lowest BCUT2D eigenvalue weighted by Gasteiger charge is -2.43. The Morgan fingerprint density at radius 1 is 1.11 bits per heavy atom. The molecule has 1 atom stereocenters. The second-order valence-electron chi connectivity index (χ2n) is 8.23. The van der Waals surface area contributed by atoms with Crippen LogP contribution in [0.25, 0.3) is 0 Å². The predicted molar refractivity (Wildman–Crippen MR) is 101 cm³/mol. The predicted octanol–water partition coefficient (Wildman–Crippen LogP) is 1.69. The molecule has 6 heteroatoms. The Morgan fingerprint density at radius 2 is 1.85 bits per heavy atom. The molecule has 6 nitrogen and oxygen atoms in total. The highest BCUT2D eigenvalue weighted by Crippen LogP contribution is 2.33. The van der Waals surface area contributed by atoms with Gasteiger partial charge in [0.05, 0.1) is 13.2 Å². The zero-order valence-electron chi connectivity index (χ0n) is 16.2. The highest BCUT2D eigenvalue weighted by Gasteiger charge is 2.46. The molecule has 1 aromatic carbocycles. The summed E-state index contributed by atoms with van der Waals surface area (Å²) in [6.45, 7) is 6.62. The summed E-state index contributed by atoms with van der Waals surface area (Å²) in [6, 6.07) is 8.22. The van der Waals surface area contributed by atoms with Crippen molar-refractivity contribution in [3.05, 3.63) is 35.4 Å². The van der Waals surface area contributed by atoms with Gasteiger partial charge in [0.1, 0.15) is 0 Å². The summed E-state index contributed by atoms with van der Waals surface area (Å²) in [7, 11) is 0. The molecule has 148 valence electrons. The van der Waals surface area contributed by atoms with Crippen molar-refractivity contribution in [3.8, 4) is 0 Å². The Morgan fingerprint density at radius 3 is 2.56 bits per heavy atom. The Labute approximate surface area is 161 Å². The van der Waals surface area contributed by atoms with Crippen LogP contribution in [0, 0.1) is 6.92 Å². The lowest BCUT2D eigenvalue weighted by Crippen LogP contribution is -2.59. The molecule has 1 amide bonds. The van der Waals surface area contributed by atoms with E-state index < -0.39 is 11.4 Å². The van der Waals surface area contributed by atoms with Crippen LogP contribution in [0.3, 0.4) is 0 Å². The Hall–Kier alpha value is -1.47. The number of amides is 1. The first-order valence-electron chi connectivity index (χ1n) is 10.1. The number of likely N-dealkylation sites (tertiary alicyclic amines) is 2. The van der Waals surface area contributed by atoms with Crippen LogP contribution in [0.15, 0.2) is 24.3 Å². The van der Waals surface area contributed by atoms with Gasteiger partial charge < -0.3 is 19.5 Å². The number of aliphatic hydroxyl groups is 1. The average Bonchev–Trinajstić information content (AvgIpc) is 3.10. The van der Waals surface area contributed by atoms with Crippen LogP contribution in [0.1, 0.15) is 36.8 Å². The van der Waals surface area contributed by atoms with E-state index in [1.807, 2.05) is 17.0 Å². The minimum absolute atomic E-state index is 0.135.